The lowest BCUT2D eigenvalue weighted by atomic mass is 10.2. The highest BCUT2D eigenvalue weighted by molar-refractivity contribution is 7.91. The van der Waals surface area contributed by atoms with Gasteiger partial charge in [0.05, 0.1) is 24.2 Å². The molecule has 0 radical (unpaired) electrons. The topological polar surface area (TPSA) is 92.7 Å². The van der Waals surface area contributed by atoms with Crippen LogP contribution in [0.25, 0.3) is 0 Å². The second kappa shape index (κ2) is 4.91. The summed E-state index contributed by atoms with van der Waals surface area (Å²) >= 11 is 0. The van der Waals surface area contributed by atoms with E-state index >= 15 is 0 Å². The number of aliphatic hydroxyl groups excluding tert-OH is 1. The van der Waals surface area contributed by atoms with Gasteiger partial charge in [-0.3, -0.25) is 4.79 Å². The lowest BCUT2D eigenvalue weighted by Crippen LogP contribution is -2.43. The maximum atomic E-state index is 11.4. The summed E-state index contributed by atoms with van der Waals surface area (Å²) in [5.74, 6) is -0.857. The Morgan fingerprint density at radius 2 is 2.00 bits per heavy atom. The van der Waals surface area contributed by atoms with Crippen LogP contribution in [0.1, 0.15) is 20.8 Å². The third-order valence-corrected chi connectivity index (χ3v) is 3.97. The van der Waals surface area contributed by atoms with Crippen molar-refractivity contribution in [3.05, 3.63) is 0 Å². The smallest absolute Gasteiger partial charge is 0.320 e. The van der Waals surface area contributed by atoms with Gasteiger partial charge in [0.15, 0.2) is 9.84 Å². The maximum absolute atomic E-state index is 11.4. The fourth-order valence-electron chi connectivity index (χ4n) is 1.62. The number of hydrogen-bond donors (Lipinski definition) is 2. The van der Waals surface area contributed by atoms with E-state index in [1.807, 2.05) is 0 Å². The summed E-state index contributed by atoms with van der Waals surface area (Å²) in [5.41, 5.74) is -0.570. The molecule has 100 valence electrons. The van der Waals surface area contributed by atoms with Crippen LogP contribution in [-0.4, -0.2) is 55.3 Å². The summed E-state index contributed by atoms with van der Waals surface area (Å²) < 4.78 is 27.5. The number of ether oxygens (including phenoxy) is 1. The maximum Gasteiger partial charge on any atom is 0.320 e. The third kappa shape index (κ3) is 5.01. The molecule has 6 nitrogen and oxygen atoms in total. The Labute approximate surface area is 101 Å². The SMILES string of the molecule is CC(C)(C)OC(=O)CN[C@@H]1CS(=O)(=O)C[C@@H]1O. The number of aliphatic hydroxyl groups is 1. The van der Waals surface area contributed by atoms with E-state index in [0.29, 0.717) is 0 Å². The Balaban J connectivity index is 2.40. The fourth-order valence-corrected chi connectivity index (χ4v) is 3.39. The van der Waals surface area contributed by atoms with Crippen LogP contribution in [0.5, 0.6) is 0 Å². The Morgan fingerprint density at radius 1 is 1.41 bits per heavy atom. The van der Waals surface area contributed by atoms with Gasteiger partial charge in [0.25, 0.3) is 0 Å². The van der Waals surface area contributed by atoms with Crippen LogP contribution in [0.3, 0.4) is 0 Å². The number of carbonyl (C=O) groups is 1. The second-order valence-corrected chi connectivity index (χ2v) is 7.37. The lowest BCUT2D eigenvalue weighted by molar-refractivity contribution is -0.153. The summed E-state index contributed by atoms with van der Waals surface area (Å²) in [6.45, 7) is 5.15. The Morgan fingerprint density at radius 3 is 2.41 bits per heavy atom. The number of rotatable bonds is 3. The van der Waals surface area contributed by atoms with Crippen molar-refractivity contribution in [3.8, 4) is 0 Å². The van der Waals surface area contributed by atoms with E-state index in [9.17, 15) is 18.3 Å². The molecule has 0 amide bonds. The van der Waals surface area contributed by atoms with Crippen molar-refractivity contribution >= 4 is 15.8 Å². The van der Waals surface area contributed by atoms with Gasteiger partial charge < -0.3 is 15.2 Å². The predicted octanol–water partition coefficient (Wildman–Crippen LogP) is -0.924. The standard InChI is InChI=1S/C10H19NO5S/c1-10(2,3)16-9(13)4-11-7-5-17(14,15)6-8(7)12/h7-8,11-12H,4-6H2,1-3H3/t7-,8+/m1/s1. The van der Waals surface area contributed by atoms with E-state index in [2.05, 4.69) is 5.32 Å². The lowest BCUT2D eigenvalue weighted by Gasteiger charge is -2.21. The molecule has 0 aromatic rings. The van der Waals surface area contributed by atoms with Crippen LogP contribution >= 0.6 is 0 Å². The van der Waals surface area contributed by atoms with Crippen LogP contribution in [-0.2, 0) is 19.4 Å². The molecule has 1 rings (SSSR count). The first-order chi connectivity index (χ1) is 7.59. The largest absolute Gasteiger partial charge is 0.459 e. The molecule has 2 N–H and O–H groups in total. The first-order valence-corrected chi connectivity index (χ1v) is 7.25. The highest BCUT2D eigenvalue weighted by Crippen LogP contribution is 2.12. The van der Waals surface area contributed by atoms with Crippen molar-refractivity contribution in [2.75, 3.05) is 18.1 Å². The molecule has 17 heavy (non-hydrogen) atoms. The number of esters is 1. The van der Waals surface area contributed by atoms with Gasteiger partial charge in [-0.05, 0) is 20.8 Å². The average Bonchev–Trinajstić information content (AvgIpc) is 2.33. The second-order valence-electron chi connectivity index (χ2n) is 5.22. The minimum atomic E-state index is -3.19. The summed E-state index contributed by atoms with van der Waals surface area (Å²) in [5, 5.41) is 12.2. The normalized spacial score (nSPS) is 28.0. The zero-order chi connectivity index (χ0) is 13.3. The molecule has 0 aromatic carbocycles. The Hall–Kier alpha value is -0.660. The van der Waals surface area contributed by atoms with Gasteiger partial charge in [-0.25, -0.2) is 8.42 Å². The molecule has 7 heteroatoms. The molecule has 0 unspecified atom stereocenters. The van der Waals surface area contributed by atoms with E-state index in [1.165, 1.54) is 0 Å². The summed E-state index contributed by atoms with van der Waals surface area (Å²) in [4.78, 5) is 11.4. The summed E-state index contributed by atoms with van der Waals surface area (Å²) in [6, 6.07) is -0.590. The van der Waals surface area contributed by atoms with Crippen LogP contribution in [0, 0.1) is 0 Å². The molecule has 0 aromatic heterocycles. The predicted molar refractivity (Wildman–Crippen MR) is 62.3 cm³/mol. The number of nitrogens with one attached hydrogen (secondary N) is 1. The van der Waals surface area contributed by atoms with Crippen LogP contribution in [0.2, 0.25) is 0 Å². The van der Waals surface area contributed by atoms with Gasteiger partial charge in [0.2, 0.25) is 0 Å². The van der Waals surface area contributed by atoms with Crippen LogP contribution in [0.4, 0.5) is 0 Å². The van der Waals surface area contributed by atoms with E-state index in [0.717, 1.165) is 0 Å². The molecule has 1 saturated heterocycles. The zero-order valence-electron chi connectivity index (χ0n) is 10.3. The van der Waals surface area contributed by atoms with Gasteiger partial charge in [-0.1, -0.05) is 0 Å². The van der Waals surface area contributed by atoms with E-state index in [1.54, 1.807) is 20.8 Å². The number of sulfone groups is 1. The monoisotopic (exact) mass is 265 g/mol. The van der Waals surface area contributed by atoms with Gasteiger partial charge in [-0.15, -0.1) is 0 Å². The van der Waals surface area contributed by atoms with Crippen LogP contribution < -0.4 is 5.32 Å². The van der Waals surface area contributed by atoms with Crippen molar-refractivity contribution in [3.63, 3.8) is 0 Å². The average molecular weight is 265 g/mol. The molecular formula is C10H19NO5S. The van der Waals surface area contributed by atoms with Gasteiger partial charge in [0, 0.05) is 6.04 Å². The first kappa shape index (κ1) is 14.4. The summed E-state index contributed by atoms with van der Waals surface area (Å²) in [7, 11) is -3.19. The van der Waals surface area contributed by atoms with Crippen LogP contribution in [0.15, 0.2) is 0 Å². The molecule has 0 saturated carbocycles. The molecule has 1 fully saturated rings. The van der Waals surface area contributed by atoms with Crippen molar-refractivity contribution in [2.24, 2.45) is 0 Å². The molecule has 0 aliphatic carbocycles. The van der Waals surface area contributed by atoms with Crippen molar-refractivity contribution < 1.29 is 23.1 Å². The highest BCUT2D eigenvalue weighted by Gasteiger charge is 2.36. The van der Waals surface area contributed by atoms with Gasteiger partial charge >= 0.3 is 5.97 Å². The van der Waals surface area contributed by atoms with E-state index < -0.39 is 33.6 Å². The van der Waals surface area contributed by atoms with Crippen molar-refractivity contribution in [2.45, 2.75) is 38.5 Å². The Kier molecular flexibility index (Phi) is 4.16. The quantitative estimate of drug-likeness (QED) is 0.641. The van der Waals surface area contributed by atoms with Gasteiger partial charge in [-0.2, -0.15) is 0 Å². The molecule has 1 aliphatic heterocycles. The molecule has 1 heterocycles. The van der Waals surface area contributed by atoms with Crippen molar-refractivity contribution in [1.29, 1.82) is 0 Å². The van der Waals surface area contributed by atoms with E-state index in [-0.39, 0.29) is 18.1 Å². The zero-order valence-corrected chi connectivity index (χ0v) is 11.1. The highest BCUT2D eigenvalue weighted by atomic mass is 32.2. The Bertz CT molecular complexity index is 384. The fraction of sp³-hybridized carbons (Fsp3) is 0.900. The van der Waals surface area contributed by atoms with Crippen molar-refractivity contribution in [1.82, 2.24) is 5.32 Å². The third-order valence-electron chi connectivity index (χ3n) is 2.25. The number of carbonyl (C=O) groups excluding carboxylic acids is 1. The molecule has 0 spiro atoms. The molecular weight excluding hydrogens is 246 g/mol. The van der Waals surface area contributed by atoms with E-state index in [4.69, 9.17) is 4.74 Å². The van der Waals surface area contributed by atoms with Gasteiger partial charge in [0.1, 0.15) is 5.60 Å². The molecule has 0 bridgehead atoms. The minimum Gasteiger partial charge on any atom is -0.459 e. The first-order valence-electron chi connectivity index (χ1n) is 5.43. The summed E-state index contributed by atoms with van der Waals surface area (Å²) in [6.07, 6.45) is -0.956. The molecule has 1 aliphatic rings. The minimum absolute atomic E-state index is 0.103. The molecule has 2 atom stereocenters. The number of hydrogen-bond acceptors (Lipinski definition) is 6.